The lowest BCUT2D eigenvalue weighted by molar-refractivity contribution is -0.122. The van der Waals surface area contributed by atoms with Crippen LogP contribution in [-0.4, -0.2) is 54.2 Å². The summed E-state index contributed by atoms with van der Waals surface area (Å²) in [5, 5.41) is 2.49. The first-order valence-corrected chi connectivity index (χ1v) is 15.7. The van der Waals surface area contributed by atoms with Crippen molar-refractivity contribution in [1.82, 2.24) is 4.98 Å². The summed E-state index contributed by atoms with van der Waals surface area (Å²) in [6.07, 6.45) is 0. The van der Waals surface area contributed by atoms with Gasteiger partial charge in [-0.15, -0.1) is 0 Å². The molecule has 13 heteroatoms. The second kappa shape index (κ2) is 12.6. The number of hydrogen-bond acceptors (Lipinski definition) is 10. The Morgan fingerprint density at radius 2 is 1.71 bits per heavy atom. The van der Waals surface area contributed by atoms with Gasteiger partial charge in [-0.05, 0) is 61.0 Å². The second-order valence-electron chi connectivity index (χ2n) is 10.1. The summed E-state index contributed by atoms with van der Waals surface area (Å²) in [4.78, 5) is 69.1. The van der Waals surface area contributed by atoms with Crippen molar-refractivity contribution in [2.75, 3.05) is 30.5 Å². The monoisotopic (exact) mass is 645 g/mol. The van der Waals surface area contributed by atoms with Crippen LogP contribution in [0.5, 0.6) is 11.5 Å². The molecule has 0 spiro atoms. The van der Waals surface area contributed by atoms with Crippen molar-refractivity contribution in [2.24, 2.45) is 5.92 Å². The van der Waals surface area contributed by atoms with E-state index in [-0.39, 0.29) is 24.0 Å². The Hall–Kier alpha value is -4.88. The van der Waals surface area contributed by atoms with Gasteiger partial charge in [0, 0.05) is 16.5 Å². The van der Waals surface area contributed by atoms with E-state index in [1.807, 2.05) is 18.2 Å². The van der Waals surface area contributed by atoms with Gasteiger partial charge in [0.05, 0.1) is 35.9 Å². The number of hydrogen-bond donors (Lipinski definition) is 2. The highest BCUT2D eigenvalue weighted by molar-refractivity contribution is 8.00. The van der Waals surface area contributed by atoms with Crippen molar-refractivity contribution in [3.05, 3.63) is 98.5 Å². The van der Waals surface area contributed by atoms with E-state index in [0.29, 0.717) is 43.9 Å². The molecule has 6 rings (SSSR count). The SMILES string of the molecule is CCOC(=O)c1ccc(N2C(=O)[C@H]3[C@H](c4ccc(OCC(=O)Nc5ccccc5)c(OC)c4)c4sc(=O)[nH]c4S[C@H]3C2=O)cc1. The van der Waals surface area contributed by atoms with Crippen LogP contribution in [0.15, 0.2) is 82.6 Å². The number of carbonyl (C=O) groups is 4. The third-order valence-corrected chi connectivity index (χ3v) is 9.82. The number of carbonyl (C=O) groups excluding carboxylic acids is 4. The first-order valence-electron chi connectivity index (χ1n) is 14.0. The molecule has 0 radical (unpaired) electrons. The molecule has 0 saturated carbocycles. The number of esters is 1. The van der Waals surface area contributed by atoms with Gasteiger partial charge in [0.15, 0.2) is 18.1 Å². The maximum Gasteiger partial charge on any atom is 0.338 e. The number of rotatable bonds is 9. The van der Waals surface area contributed by atoms with Gasteiger partial charge >= 0.3 is 10.8 Å². The van der Waals surface area contributed by atoms with Gasteiger partial charge in [0.25, 0.3) is 5.91 Å². The highest BCUT2D eigenvalue weighted by Crippen LogP contribution is 2.53. The number of aromatic amines is 1. The average Bonchev–Trinajstić information content (AvgIpc) is 3.54. The maximum absolute atomic E-state index is 14.0. The fourth-order valence-electron chi connectivity index (χ4n) is 5.45. The van der Waals surface area contributed by atoms with E-state index >= 15 is 0 Å². The Labute approximate surface area is 265 Å². The summed E-state index contributed by atoms with van der Waals surface area (Å²) in [5.74, 6) is -2.52. The fraction of sp³-hybridized carbons (Fsp3) is 0.219. The fourth-order valence-corrected chi connectivity index (χ4v) is 7.97. The number of methoxy groups -OCH3 is 1. The molecule has 2 N–H and O–H groups in total. The number of fused-ring (bicyclic) bond motifs is 2. The number of H-pyrrole nitrogens is 1. The van der Waals surface area contributed by atoms with E-state index in [0.717, 1.165) is 16.2 Å². The molecule has 0 bridgehead atoms. The Morgan fingerprint density at radius 3 is 2.42 bits per heavy atom. The van der Waals surface area contributed by atoms with Crippen LogP contribution in [0.1, 0.15) is 33.6 Å². The third kappa shape index (κ3) is 5.83. The summed E-state index contributed by atoms with van der Waals surface area (Å²) < 4.78 is 16.4. The molecule has 3 aromatic carbocycles. The van der Waals surface area contributed by atoms with Crippen LogP contribution < -0.4 is 24.6 Å². The number of thioether (sulfide) groups is 1. The highest BCUT2D eigenvalue weighted by Gasteiger charge is 2.56. The van der Waals surface area contributed by atoms with Gasteiger partial charge in [-0.25, -0.2) is 9.69 Å². The van der Waals surface area contributed by atoms with Crippen LogP contribution in [0.2, 0.25) is 0 Å². The minimum atomic E-state index is -0.820. The summed E-state index contributed by atoms with van der Waals surface area (Å²) in [7, 11) is 1.46. The highest BCUT2D eigenvalue weighted by atomic mass is 32.2. The largest absolute Gasteiger partial charge is 0.493 e. The Morgan fingerprint density at radius 1 is 0.956 bits per heavy atom. The molecule has 230 valence electrons. The zero-order valence-corrected chi connectivity index (χ0v) is 25.7. The van der Waals surface area contributed by atoms with Crippen molar-refractivity contribution in [2.45, 2.75) is 23.1 Å². The van der Waals surface area contributed by atoms with Crippen molar-refractivity contribution < 1.29 is 33.4 Å². The van der Waals surface area contributed by atoms with Gasteiger partial charge < -0.3 is 24.5 Å². The van der Waals surface area contributed by atoms with Gasteiger partial charge in [-0.3, -0.25) is 19.2 Å². The number of benzene rings is 3. The van der Waals surface area contributed by atoms with Gasteiger partial charge in [-0.1, -0.05) is 47.4 Å². The van der Waals surface area contributed by atoms with Gasteiger partial charge in [0.2, 0.25) is 11.8 Å². The van der Waals surface area contributed by atoms with Crippen LogP contribution in [0.25, 0.3) is 0 Å². The van der Waals surface area contributed by atoms with Crippen molar-refractivity contribution in [1.29, 1.82) is 0 Å². The summed E-state index contributed by atoms with van der Waals surface area (Å²) in [5.41, 5.74) is 1.91. The van der Waals surface area contributed by atoms with E-state index in [1.165, 1.54) is 31.0 Å². The molecule has 11 nitrogen and oxygen atoms in total. The topological polar surface area (TPSA) is 144 Å². The van der Waals surface area contributed by atoms with E-state index < -0.39 is 34.9 Å². The molecule has 3 amide bonds. The van der Waals surface area contributed by atoms with Crippen LogP contribution in [0.4, 0.5) is 11.4 Å². The van der Waals surface area contributed by atoms with E-state index in [9.17, 15) is 24.0 Å². The lowest BCUT2D eigenvalue weighted by Crippen LogP contribution is -2.32. The number of thiazole rings is 1. The smallest absolute Gasteiger partial charge is 0.338 e. The number of aromatic nitrogens is 1. The van der Waals surface area contributed by atoms with Crippen LogP contribution in [-0.2, 0) is 19.1 Å². The molecular formula is C32H27N3O8S2. The van der Waals surface area contributed by atoms with Crippen LogP contribution in [0.3, 0.4) is 0 Å². The number of ether oxygens (including phenoxy) is 3. The molecule has 1 saturated heterocycles. The molecule has 3 atom stereocenters. The second-order valence-corrected chi connectivity index (χ2v) is 12.3. The van der Waals surface area contributed by atoms with Crippen molar-refractivity contribution in [3.63, 3.8) is 0 Å². The molecule has 2 aliphatic rings. The Bertz CT molecular complexity index is 1840. The minimum absolute atomic E-state index is 0.222. The van der Waals surface area contributed by atoms with Gasteiger partial charge in [0.1, 0.15) is 5.25 Å². The van der Waals surface area contributed by atoms with Crippen molar-refractivity contribution in [3.8, 4) is 11.5 Å². The molecule has 1 fully saturated rings. The third-order valence-electron chi connectivity index (χ3n) is 7.42. The molecule has 0 aliphatic carbocycles. The zero-order chi connectivity index (χ0) is 31.7. The molecule has 45 heavy (non-hydrogen) atoms. The molecule has 2 aliphatic heterocycles. The quantitative estimate of drug-likeness (QED) is 0.200. The lowest BCUT2D eigenvalue weighted by atomic mass is 9.83. The van der Waals surface area contributed by atoms with Crippen LogP contribution >= 0.6 is 23.1 Å². The number of para-hydroxylation sites is 1. The average molecular weight is 646 g/mol. The summed E-state index contributed by atoms with van der Waals surface area (Å²) >= 11 is 2.16. The number of imide groups is 1. The predicted molar refractivity (Wildman–Crippen MR) is 168 cm³/mol. The minimum Gasteiger partial charge on any atom is -0.493 e. The molecule has 3 heterocycles. The van der Waals surface area contributed by atoms with E-state index in [2.05, 4.69) is 10.3 Å². The lowest BCUT2D eigenvalue weighted by Gasteiger charge is -2.30. The van der Waals surface area contributed by atoms with Crippen LogP contribution in [0, 0.1) is 5.92 Å². The van der Waals surface area contributed by atoms with Crippen molar-refractivity contribution >= 4 is 58.2 Å². The first-order chi connectivity index (χ1) is 21.8. The normalized spacial score (nSPS) is 18.6. The number of nitrogens with zero attached hydrogens (tertiary/aromatic N) is 1. The predicted octanol–water partition coefficient (Wildman–Crippen LogP) is 4.44. The number of amides is 3. The number of nitrogens with one attached hydrogen (secondary N) is 2. The van der Waals surface area contributed by atoms with E-state index in [4.69, 9.17) is 14.2 Å². The molecule has 4 aromatic rings. The zero-order valence-electron chi connectivity index (χ0n) is 24.1. The molecule has 1 aromatic heterocycles. The number of anilines is 2. The van der Waals surface area contributed by atoms with Gasteiger partial charge in [-0.2, -0.15) is 0 Å². The standard InChI is InChI=1S/C32H27N3O8S2/c1-3-42-31(39)17-9-12-20(13-10-17)35-29(37)25-24(26-28(34-32(40)45-26)44-27(25)30(35)38)18-11-14-21(22(15-18)41-2)43-16-23(36)33-19-7-5-4-6-8-19/h4-15,24-25,27H,3,16H2,1-2H3,(H,33,36)(H,34,40)/t24-,25-,27+/m0/s1. The summed E-state index contributed by atoms with van der Waals surface area (Å²) in [6.45, 7) is 1.66. The molecular weight excluding hydrogens is 618 g/mol. The maximum atomic E-state index is 14.0. The molecule has 0 unspecified atom stereocenters. The van der Waals surface area contributed by atoms with E-state index in [1.54, 1.807) is 49.4 Å². The Kier molecular flexibility index (Phi) is 8.46. The first kappa shape index (κ1) is 30.2. The summed E-state index contributed by atoms with van der Waals surface area (Å²) in [6, 6.07) is 20.2. The Balaban J connectivity index is 1.29.